The lowest BCUT2D eigenvalue weighted by atomic mass is 9.48. The zero-order valence-electron chi connectivity index (χ0n) is 17.7. The first kappa shape index (κ1) is 20.0. The predicted octanol–water partition coefficient (Wildman–Crippen LogP) is 5.72. The van der Waals surface area contributed by atoms with Crippen molar-refractivity contribution in [3.63, 3.8) is 0 Å². The minimum absolute atomic E-state index is 0.162. The van der Waals surface area contributed by atoms with Gasteiger partial charge in [-0.1, -0.05) is 24.8 Å². The number of esters is 2. The van der Waals surface area contributed by atoms with Crippen molar-refractivity contribution in [1.82, 2.24) is 0 Å². The van der Waals surface area contributed by atoms with Crippen LogP contribution in [0.25, 0.3) is 0 Å². The zero-order chi connectivity index (χ0) is 21.4. The molecule has 0 saturated heterocycles. The largest absolute Gasteiger partial charge is 0.458 e. The fourth-order valence-electron chi connectivity index (χ4n) is 6.48. The molecule has 0 atom stereocenters. The van der Waals surface area contributed by atoms with Gasteiger partial charge in [0, 0.05) is 0 Å². The van der Waals surface area contributed by atoms with Gasteiger partial charge in [0.2, 0.25) is 0 Å². The molecule has 2 aromatic carbocycles. The van der Waals surface area contributed by atoms with E-state index in [0.717, 1.165) is 17.8 Å². The standard InChI is InChI=1S/C27H28O4/c1-2-10-30-25(28)21-6-8-24(9-7-21)31-26(29)22-4-3-5-23(14-22)27-15-18-11-19(16-27)13-20(12-18)17-27/h2-9,14,18-20H,1,10-13,15-17H2. The molecule has 0 heterocycles. The van der Waals surface area contributed by atoms with Gasteiger partial charge in [-0.25, -0.2) is 9.59 Å². The Morgan fingerprint density at radius 3 is 2.16 bits per heavy atom. The Labute approximate surface area is 183 Å². The summed E-state index contributed by atoms with van der Waals surface area (Å²) in [7, 11) is 0. The maximum absolute atomic E-state index is 12.8. The molecule has 4 heteroatoms. The molecule has 0 unspecified atom stereocenters. The topological polar surface area (TPSA) is 52.6 Å². The first-order chi connectivity index (χ1) is 15.0. The van der Waals surface area contributed by atoms with Crippen molar-refractivity contribution in [3.8, 4) is 5.75 Å². The van der Waals surface area contributed by atoms with Gasteiger partial charge in [0.25, 0.3) is 0 Å². The lowest BCUT2D eigenvalue weighted by Crippen LogP contribution is -2.48. The van der Waals surface area contributed by atoms with Crippen molar-refractivity contribution in [2.75, 3.05) is 6.61 Å². The molecule has 4 nitrogen and oxygen atoms in total. The molecule has 31 heavy (non-hydrogen) atoms. The Balaban J connectivity index is 1.30. The van der Waals surface area contributed by atoms with Gasteiger partial charge in [-0.15, -0.1) is 0 Å². The summed E-state index contributed by atoms with van der Waals surface area (Å²) in [6.07, 6.45) is 9.52. The van der Waals surface area contributed by atoms with Crippen LogP contribution in [0.1, 0.15) is 64.8 Å². The molecule has 0 N–H and O–H groups in total. The number of ether oxygens (including phenoxy) is 2. The zero-order valence-corrected chi connectivity index (χ0v) is 17.7. The van der Waals surface area contributed by atoms with Gasteiger partial charge in [0.1, 0.15) is 12.4 Å². The van der Waals surface area contributed by atoms with E-state index in [1.54, 1.807) is 24.3 Å². The summed E-state index contributed by atoms with van der Waals surface area (Å²) in [6.45, 7) is 3.69. The highest BCUT2D eigenvalue weighted by Crippen LogP contribution is 2.60. The van der Waals surface area contributed by atoms with Crippen molar-refractivity contribution in [2.24, 2.45) is 17.8 Å². The second kappa shape index (κ2) is 7.99. The predicted molar refractivity (Wildman–Crippen MR) is 118 cm³/mol. The molecule has 0 amide bonds. The molecule has 0 aromatic heterocycles. The van der Waals surface area contributed by atoms with E-state index < -0.39 is 5.97 Å². The van der Waals surface area contributed by atoms with E-state index in [1.807, 2.05) is 12.1 Å². The van der Waals surface area contributed by atoms with Crippen molar-refractivity contribution < 1.29 is 19.1 Å². The molecule has 4 aliphatic carbocycles. The molecule has 4 saturated carbocycles. The molecule has 6 rings (SSSR count). The Bertz CT molecular complexity index is 969. The van der Waals surface area contributed by atoms with Crippen LogP contribution in [0.15, 0.2) is 61.2 Å². The van der Waals surface area contributed by atoms with Gasteiger partial charge < -0.3 is 9.47 Å². The SMILES string of the molecule is C=CCOC(=O)c1ccc(OC(=O)c2cccc(C34CC5CC(CC(C5)C3)C4)c2)cc1. The third-order valence-corrected chi connectivity index (χ3v) is 7.38. The first-order valence-electron chi connectivity index (χ1n) is 11.3. The van der Waals surface area contributed by atoms with Crippen LogP contribution in [-0.4, -0.2) is 18.5 Å². The highest BCUT2D eigenvalue weighted by molar-refractivity contribution is 5.92. The van der Waals surface area contributed by atoms with Crippen molar-refractivity contribution in [1.29, 1.82) is 0 Å². The van der Waals surface area contributed by atoms with E-state index >= 15 is 0 Å². The summed E-state index contributed by atoms with van der Waals surface area (Å²) < 4.78 is 10.6. The summed E-state index contributed by atoms with van der Waals surface area (Å²) >= 11 is 0. The van der Waals surface area contributed by atoms with Crippen molar-refractivity contribution in [2.45, 2.75) is 43.9 Å². The van der Waals surface area contributed by atoms with Crippen LogP contribution in [0.3, 0.4) is 0 Å². The van der Waals surface area contributed by atoms with Gasteiger partial charge in [-0.05, 0) is 104 Å². The van der Waals surface area contributed by atoms with Crippen LogP contribution in [0.5, 0.6) is 5.75 Å². The van der Waals surface area contributed by atoms with Gasteiger partial charge in [-0.3, -0.25) is 0 Å². The molecule has 4 aliphatic rings. The summed E-state index contributed by atoms with van der Waals surface area (Å²) in [6, 6.07) is 14.5. The molecular formula is C27H28O4. The van der Waals surface area contributed by atoms with Gasteiger partial charge >= 0.3 is 11.9 Å². The average Bonchev–Trinajstić information content (AvgIpc) is 2.77. The van der Waals surface area contributed by atoms with E-state index in [4.69, 9.17) is 9.47 Å². The summed E-state index contributed by atoms with van der Waals surface area (Å²) in [5.41, 5.74) is 2.55. The third kappa shape index (κ3) is 3.91. The van der Waals surface area contributed by atoms with E-state index in [9.17, 15) is 9.59 Å². The fraction of sp³-hybridized carbons (Fsp3) is 0.407. The lowest BCUT2D eigenvalue weighted by molar-refractivity contribution is -0.00521. The van der Waals surface area contributed by atoms with E-state index in [1.165, 1.54) is 50.2 Å². The Hall–Kier alpha value is -2.88. The molecule has 0 aliphatic heterocycles. The van der Waals surface area contributed by atoms with Crippen molar-refractivity contribution in [3.05, 3.63) is 77.9 Å². The van der Waals surface area contributed by atoms with Crippen molar-refractivity contribution >= 4 is 11.9 Å². The smallest absolute Gasteiger partial charge is 0.343 e. The van der Waals surface area contributed by atoms with Gasteiger partial charge in [-0.2, -0.15) is 0 Å². The summed E-state index contributed by atoms with van der Waals surface area (Å²) in [4.78, 5) is 24.7. The molecule has 160 valence electrons. The minimum atomic E-state index is -0.430. The number of rotatable bonds is 6. The van der Waals surface area contributed by atoms with Crippen LogP contribution < -0.4 is 4.74 Å². The third-order valence-electron chi connectivity index (χ3n) is 7.38. The Morgan fingerprint density at radius 2 is 1.55 bits per heavy atom. The number of carbonyl (C=O) groups excluding carboxylic acids is 2. The highest BCUT2D eigenvalue weighted by atomic mass is 16.5. The van der Waals surface area contributed by atoms with Crippen LogP contribution in [0.2, 0.25) is 0 Å². The number of hydrogen-bond acceptors (Lipinski definition) is 4. The number of benzene rings is 2. The Kier molecular flexibility index (Phi) is 5.17. The second-order valence-electron chi connectivity index (χ2n) is 9.58. The summed E-state index contributed by atoms with van der Waals surface area (Å²) in [5.74, 6) is 2.19. The lowest BCUT2D eigenvalue weighted by Gasteiger charge is -2.57. The molecule has 0 radical (unpaired) electrons. The average molecular weight is 417 g/mol. The summed E-state index contributed by atoms with van der Waals surface area (Å²) in [5, 5.41) is 0. The maximum atomic E-state index is 12.8. The molecule has 2 aromatic rings. The maximum Gasteiger partial charge on any atom is 0.343 e. The monoisotopic (exact) mass is 416 g/mol. The molecule has 0 spiro atoms. The highest BCUT2D eigenvalue weighted by Gasteiger charge is 2.51. The van der Waals surface area contributed by atoms with E-state index in [0.29, 0.717) is 16.9 Å². The van der Waals surface area contributed by atoms with Gasteiger partial charge in [0.15, 0.2) is 0 Å². The molecule has 4 bridgehead atoms. The van der Waals surface area contributed by atoms with Crippen LogP contribution >= 0.6 is 0 Å². The number of carbonyl (C=O) groups is 2. The van der Waals surface area contributed by atoms with E-state index in [2.05, 4.69) is 18.7 Å². The minimum Gasteiger partial charge on any atom is -0.458 e. The van der Waals surface area contributed by atoms with Crippen LogP contribution in [-0.2, 0) is 10.2 Å². The van der Waals surface area contributed by atoms with Crippen LogP contribution in [0.4, 0.5) is 0 Å². The van der Waals surface area contributed by atoms with Gasteiger partial charge in [0.05, 0.1) is 11.1 Å². The molecule has 4 fully saturated rings. The quantitative estimate of drug-likeness (QED) is 0.343. The second-order valence-corrected chi connectivity index (χ2v) is 9.58. The normalized spacial score (nSPS) is 28.2. The molecular weight excluding hydrogens is 388 g/mol. The van der Waals surface area contributed by atoms with E-state index in [-0.39, 0.29) is 18.0 Å². The van der Waals surface area contributed by atoms with Crippen LogP contribution in [0, 0.1) is 17.8 Å². The first-order valence-corrected chi connectivity index (χ1v) is 11.3. The Morgan fingerprint density at radius 1 is 0.903 bits per heavy atom. The number of hydrogen-bond donors (Lipinski definition) is 0. The fourth-order valence-corrected chi connectivity index (χ4v) is 6.48.